The molecule has 6 heteroatoms. The van der Waals surface area contributed by atoms with Crippen molar-refractivity contribution in [2.24, 2.45) is 5.84 Å². The van der Waals surface area contributed by atoms with Crippen LogP contribution in [0.5, 0.6) is 0 Å². The first-order valence-corrected chi connectivity index (χ1v) is 4.98. The van der Waals surface area contributed by atoms with Crippen molar-refractivity contribution < 1.29 is 4.39 Å². The highest BCUT2D eigenvalue weighted by molar-refractivity contribution is 5.51. The molecule has 2 heterocycles. The molecule has 2 rings (SSSR count). The lowest BCUT2D eigenvalue weighted by Crippen LogP contribution is -2.23. The molecule has 1 aliphatic heterocycles. The Bertz CT molecular complexity index is 362. The number of anilines is 2. The van der Waals surface area contributed by atoms with Gasteiger partial charge in [0.15, 0.2) is 11.6 Å². The van der Waals surface area contributed by atoms with Crippen LogP contribution in [0.1, 0.15) is 18.7 Å². The Balaban J connectivity index is 2.40. The molecule has 0 aliphatic carbocycles. The van der Waals surface area contributed by atoms with Gasteiger partial charge in [0.2, 0.25) is 5.82 Å². The number of nitrogens with one attached hydrogen (secondary N) is 1. The number of hydrogen-bond acceptors (Lipinski definition) is 5. The fourth-order valence-corrected chi connectivity index (χ4v) is 1.78. The maximum absolute atomic E-state index is 13.8. The Kier molecular flexibility index (Phi) is 2.68. The molecule has 0 radical (unpaired) electrons. The summed E-state index contributed by atoms with van der Waals surface area (Å²) in [4.78, 5) is 9.90. The van der Waals surface area contributed by atoms with Gasteiger partial charge >= 0.3 is 0 Å². The lowest BCUT2D eigenvalue weighted by molar-refractivity contribution is 0.609. The van der Waals surface area contributed by atoms with Crippen LogP contribution in [0.3, 0.4) is 0 Å². The standard InChI is InChI=1S/C9H14FN5/c1-6-12-8(14-11)7(10)9(13-6)15-4-2-3-5-15/h2-5,11H2,1H3,(H,12,13,14). The summed E-state index contributed by atoms with van der Waals surface area (Å²) in [6.07, 6.45) is 2.15. The molecule has 0 spiro atoms. The maximum atomic E-state index is 13.8. The quantitative estimate of drug-likeness (QED) is 0.559. The molecule has 15 heavy (non-hydrogen) atoms. The first kappa shape index (κ1) is 10.1. The second-order valence-corrected chi connectivity index (χ2v) is 3.60. The van der Waals surface area contributed by atoms with E-state index in [-0.39, 0.29) is 5.82 Å². The number of aryl methyl sites for hydroxylation is 1. The van der Waals surface area contributed by atoms with Crippen molar-refractivity contribution in [3.05, 3.63) is 11.6 Å². The monoisotopic (exact) mass is 211 g/mol. The molecule has 0 amide bonds. The Labute approximate surface area is 87.5 Å². The van der Waals surface area contributed by atoms with Crippen LogP contribution in [0, 0.1) is 12.7 Å². The SMILES string of the molecule is Cc1nc(NN)c(F)c(N2CCCC2)n1. The van der Waals surface area contributed by atoms with Crippen molar-refractivity contribution in [2.75, 3.05) is 23.4 Å². The van der Waals surface area contributed by atoms with E-state index in [9.17, 15) is 4.39 Å². The lowest BCUT2D eigenvalue weighted by atomic mass is 10.4. The Morgan fingerprint density at radius 3 is 2.60 bits per heavy atom. The zero-order valence-corrected chi connectivity index (χ0v) is 8.63. The predicted octanol–water partition coefficient (Wildman–Crippen LogP) is 0.810. The molecule has 3 N–H and O–H groups in total. The van der Waals surface area contributed by atoms with Crippen molar-refractivity contribution in [2.45, 2.75) is 19.8 Å². The molecule has 0 atom stereocenters. The van der Waals surface area contributed by atoms with Gasteiger partial charge in [-0.15, -0.1) is 0 Å². The van der Waals surface area contributed by atoms with E-state index < -0.39 is 5.82 Å². The van der Waals surface area contributed by atoms with Gasteiger partial charge in [0.25, 0.3) is 0 Å². The van der Waals surface area contributed by atoms with Crippen LogP contribution in [0.15, 0.2) is 0 Å². The molecule has 1 aromatic rings. The summed E-state index contributed by atoms with van der Waals surface area (Å²) in [5.41, 5.74) is 2.25. The molecule has 82 valence electrons. The van der Waals surface area contributed by atoms with Crippen molar-refractivity contribution >= 4 is 11.6 Å². The zero-order valence-electron chi connectivity index (χ0n) is 8.63. The van der Waals surface area contributed by atoms with Gasteiger partial charge in [-0.05, 0) is 19.8 Å². The van der Waals surface area contributed by atoms with Crippen molar-refractivity contribution in [1.82, 2.24) is 9.97 Å². The Hall–Kier alpha value is -1.43. The second-order valence-electron chi connectivity index (χ2n) is 3.60. The number of hydrazine groups is 1. The topological polar surface area (TPSA) is 67.1 Å². The molecular formula is C9H14FN5. The van der Waals surface area contributed by atoms with Gasteiger partial charge in [0, 0.05) is 13.1 Å². The first-order valence-electron chi connectivity index (χ1n) is 4.98. The normalized spacial score (nSPS) is 15.8. The van der Waals surface area contributed by atoms with Crippen LogP contribution >= 0.6 is 0 Å². The minimum Gasteiger partial charge on any atom is -0.354 e. The van der Waals surface area contributed by atoms with E-state index in [0.717, 1.165) is 25.9 Å². The fourth-order valence-electron chi connectivity index (χ4n) is 1.78. The zero-order chi connectivity index (χ0) is 10.8. The molecule has 1 aromatic heterocycles. The van der Waals surface area contributed by atoms with E-state index in [0.29, 0.717) is 11.6 Å². The van der Waals surface area contributed by atoms with E-state index in [4.69, 9.17) is 5.84 Å². The van der Waals surface area contributed by atoms with Crippen molar-refractivity contribution in [3.63, 3.8) is 0 Å². The molecule has 1 aliphatic rings. The minimum absolute atomic E-state index is 0.0596. The van der Waals surface area contributed by atoms with Crippen molar-refractivity contribution in [3.8, 4) is 0 Å². The van der Waals surface area contributed by atoms with E-state index >= 15 is 0 Å². The van der Waals surface area contributed by atoms with E-state index in [1.54, 1.807) is 6.92 Å². The maximum Gasteiger partial charge on any atom is 0.209 e. The molecule has 1 fully saturated rings. The number of hydrogen-bond donors (Lipinski definition) is 2. The summed E-state index contributed by atoms with van der Waals surface area (Å²) < 4.78 is 13.8. The third kappa shape index (κ3) is 1.85. The number of rotatable bonds is 2. The number of halogens is 1. The number of nitrogens with two attached hydrogens (primary N) is 1. The van der Waals surface area contributed by atoms with Gasteiger partial charge in [-0.2, -0.15) is 4.39 Å². The molecule has 0 aromatic carbocycles. The molecular weight excluding hydrogens is 197 g/mol. The van der Waals surface area contributed by atoms with Crippen LogP contribution in [-0.2, 0) is 0 Å². The number of nitrogen functional groups attached to an aromatic ring is 1. The fraction of sp³-hybridized carbons (Fsp3) is 0.556. The lowest BCUT2D eigenvalue weighted by Gasteiger charge is -2.18. The predicted molar refractivity (Wildman–Crippen MR) is 56.0 cm³/mol. The highest BCUT2D eigenvalue weighted by Crippen LogP contribution is 2.24. The average Bonchev–Trinajstić information content (AvgIpc) is 2.74. The van der Waals surface area contributed by atoms with Gasteiger partial charge in [0.1, 0.15) is 5.82 Å². The summed E-state index contributed by atoms with van der Waals surface area (Å²) >= 11 is 0. The summed E-state index contributed by atoms with van der Waals surface area (Å²) in [5, 5.41) is 0. The Morgan fingerprint density at radius 1 is 1.33 bits per heavy atom. The molecule has 1 saturated heterocycles. The van der Waals surface area contributed by atoms with Gasteiger partial charge in [-0.1, -0.05) is 0 Å². The first-order chi connectivity index (χ1) is 7.22. The van der Waals surface area contributed by atoms with Crippen LogP contribution in [0.2, 0.25) is 0 Å². The van der Waals surface area contributed by atoms with E-state index in [1.807, 2.05) is 4.90 Å². The number of aromatic nitrogens is 2. The average molecular weight is 211 g/mol. The Morgan fingerprint density at radius 2 is 2.00 bits per heavy atom. The minimum atomic E-state index is -0.468. The highest BCUT2D eigenvalue weighted by Gasteiger charge is 2.20. The van der Waals surface area contributed by atoms with Gasteiger partial charge in [-0.3, -0.25) is 0 Å². The van der Waals surface area contributed by atoms with Crippen LogP contribution in [0.25, 0.3) is 0 Å². The highest BCUT2D eigenvalue weighted by atomic mass is 19.1. The summed E-state index contributed by atoms with van der Waals surface area (Å²) in [7, 11) is 0. The largest absolute Gasteiger partial charge is 0.354 e. The van der Waals surface area contributed by atoms with Crippen LogP contribution in [0.4, 0.5) is 16.0 Å². The van der Waals surface area contributed by atoms with Gasteiger partial charge < -0.3 is 10.3 Å². The van der Waals surface area contributed by atoms with Gasteiger partial charge in [0.05, 0.1) is 0 Å². The molecule has 0 unspecified atom stereocenters. The summed E-state index contributed by atoms with van der Waals surface area (Å²) in [5.74, 6) is 5.65. The number of nitrogens with zero attached hydrogens (tertiary/aromatic N) is 3. The summed E-state index contributed by atoms with van der Waals surface area (Å²) in [6, 6.07) is 0. The molecule has 0 saturated carbocycles. The van der Waals surface area contributed by atoms with Crippen molar-refractivity contribution in [1.29, 1.82) is 0 Å². The smallest absolute Gasteiger partial charge is 0.209 e. The van der Waals surface area contributed by atoms with E-state index in [2.05, 4.69) is 15.4 Å². The molecule has 0 bridgehead atoms. The van der Waals surface area contributed by atoms with Gasteiger partial charge in [-0.25, -0.2) is 15.8 Å². The summed E-state index contributed by atoms with van der Waals surface area (Å²) in [6.45, 7) is 3.41. The molecule has 5 nitrogen and oxygen atoms in total. The van der Waals surface area contributed by atoms with Crippen LogP contribution in [-0.4, -0.2) is 23.1 Å². The second kappa shape index (κ2) is 3.98. The van der Waals surface area contributed by atoms with Crippen LogP contribution < -0.4 is 16.2 Å². The van der Waals surface area contributed by atoms with E-state index in [1.165, 1.54) is 0 Å². The third-order valence-electron chi connectivity index (χ3n) is 2.49. The third-order valence-corrected chi connectivity index (χ3v) is 2.49.